The molecule has 1 aromatic carbocycles. The molecule has 2 aliphatic heterocycles. The minimum atomic E-state index is -0.116. The molecule has 2 fully saturated rings. The monoisotopic (exact) mass is 393 g/mol. The van der Waals surface area contributed by atoms with Crippen molar-refractivity contribution in [3.8, 4) is 5.69 Å². The fourth-order valence-corrected chi connectivity index (χ4v) is 4.46. The molecule has 2 atom stereocenters. The van der Waals surface area contributed by atoms with Gasteiger partial charge in [0, 0.05) is 24.4 Å². The molecule has 2 saturated heterocycles. The van der Waals surface area contributed by atoms with Crippen LogP contribution >= 0.6 is 23.2 Å². The summed E-state index contributed by atoms with van der Waals surface area (Å²) in [5, 5.41) is 0.770. The molecule has 7 heteroatoms. The zero-order valence-corrected chi connectivity index (χ0v) is 16.6. The van der Waals surface area contributed by atoms with Crippen LogP contribution in [-0.4, -0.2) is 35.9 Å². The van der Waals surface area contributed by atoms with E-state index in [1.165, 1.54) is 4.57 Å². The number of hydrogen-bond acceptors (Lipinski definition) is 4. The van der Waals surface area contributed by atoms with E-state index in [1.54, 1.807) is 18.2 Å². The van der Waals surface area contributed by atoms with Gasteiger partial charge in [-0.05, 0) is 26.0 Å². The van der Waals surface area contributed by atoms with Crippen molar-refractivity contribution in [2.45, 2.75) is 20.8 Å². The van der Waals surface area contributed by atoms with Gasteiger partial charge < -0.3 is 9.64 Å². The minimum absolute atomic E-state index is 0.116. The van der Waals surface area contributed by atoms with E-state index >= 15 is 0 Å². The van der Waals surface area contributed by atoms with Crippen molar-refractivity contribution < 1.29 is 4.74 Å². The van der Waals surface area contributed by atoms with Crippen LogP contribution in [0.25, 0.3) is 5.69 Å². The SMILES string of the molecule is Cc1c(N2C[C@H]3COC[C@@]3(C)C2)nc(C)n(-c2cccc(Cl)c2Cl)c1=O. The van der Waals surface area contributed by atoms with E-state index in [4.69, 9.17) is 32.9 Å². The van der Waals surface area contributed by atoms with Gasteiger partial charge in [0.05, 0.1) is 34.5 Å². The van der Waals surface area contributed by atoms with E-state index in [0.717, 1.165) is 32.1 Å². The first kappa shape index (κ1) is 17.8. The van der Waals surface area contributed by atoms with E-state index in [9.17, 15) is 4.79 Å². The Kier molecular flexibility index (Phi) is 4.29. The van der Waals surface area contributed by atoms with Crippen LogP contribution in [0.4, 0.5) is 5.82 Å². The second kappa shape index (κ2) is 6.25. The summed E-state index contributed by atoms with van der Waals surface area (Å²) in [5.41, 5.74) is 1.20. The molecule has 2 aromatic rings. The van der Waals surface area contributed by atoms with E-state index < -0.39 is 0 Å². The number of anilines is 1. The Morgan fingerprint density at radius 3 is 2.81 bits per heavy atom. The van der Waals surface area contributed by atoms with Gasteiger partial charge in [-0.15, -0.1) is 0 Å². The summed E-state index contributed by atoms with van der Waals surface area (Å²) in [6, 6.07) is 5.26. The molecule has 0 saturated carbocycles. The zero-order valence-electron chi connectivity index (χ0n) is 15.1. The summed E-state index contributed by atoms with van der Waals surface area (Å²) < 4.78 is 7.17. The maximum Gasteiger partial charge on any atom is 0.263 e. The molecule has 0 bridgehead atoms. The number of aryl methyl sites for hydroxylation is 1. The first-order valence-corrected chi connectivity index (χ1v) is 9.45. The highest BCUT2D eigenvalue weighted by Crippen LogP contribution is 2.42. The number of rotatable bonds is 2. The Balaban J connectivity index is 1.79. The number of benzene rings is 1. The topological polar surface area (TPSA) is 47.4 Å². The van der Waals surface area contributed by atoms with Crippen LogP contribution in [0.2, 0.25) is 10.0 Å². The number of hydrogen-bond donors (Lipinski definition) is 0. The van der Waals surface area contributed by atoms with Gasteiger partial charge in [0.15, 0.2) is 0 Å². The molecule has 0 amide bonds. The van der Waals surface area contributed by atoms with Gasteiger partial charge in [-0.25, -0.2) is 4.98 Å². The summed E-state index contributed by atoms with van der Waals surface area (Å²) in [5.74, 6) is 1.84. The highest BCUT2D eigenvalue weighted by Gasteiger charge is 2.47. The number of ether oxygens (including phenoxy) is 1. The van der Waals surface area contributed by atoms with Gasteiger partial charge >= 0.3 is 0 Å². The van der Waals surface area contributed by atoms with Crippen molar-refractivity contribution in [2.24, 2.45) is 11.3 Å². The summed E-state index contributed by atoms with van der Waals surface area (Å²) in [4.78, 5) is 20.1. The second-order valence-electron chi connectivity index (χ2n) is 7.57. The first-order valence-electron chi connectivity index (χ1n) is 8.69. The highest BCUT2D eigenvalue weighted by atomic mass is 35.5. The van der Waals surface area contributed by atoms with Crippen LogP contribution in [0.3, 0.4) is 0 Å². The van der Waals surface area contributed by atoms with Gasteiger partial charge in [-0.1, -0.05) is 36.2 Å². The fraction of sp³-hybridized carbons (Fsp3) is 0.474. The number of nitrogens with zero attached hydrogens (tertiary/aromatic N) is 3. The van der Waals surface area contributed by atoms with Gasteiger partial charge in [-0.3, -0.25) is 9.36 Å². The molecule has 0 unspecified atom stereocenters. The van der Waals surface area contributed by atoms with Crippen molar-refractivity contribution in [2.75, 3.05) is 31.2 Å². The van der Waals surface area contributed by atoms with E-state index in [-0.39, 0.29) is 11.0 Å². The van der Waals surface area contributed by atoms with Gasteiger partial charge in [0.2, 0.25) is 0 Å². The van der Waals surface area contributed by atoms with Gasteiger partial charge in [0.1, 0.15) is 11.6 Å². The molecule has 2 aliphatic rings. The Morgan fingerprint density at radius 2 is 2.08 bits per heavy atom. The van der Waals surface area contributed by atoms with Crippen LogP contribution in [-0.2, 0) is 4.74 Å². The molecule has 26 heavy (non-hydrogen) atoms. The lowest BCUT2D eigenvalue weighted by atomic mass is 9.83. The van der Waals surface area contributed by atoms with Crippen LogP contribution in [0.5, 0.6) is 0 Å². The van der Waals surface area contributed by atoms with E-state index in [2.05, 4.69) is 11.8 Å². The number of halogens is 2. The number of fused-ring (bicyclic) bond motifs is 1. The van der Waals surface area contributed by atoms with Crippen molar-refractivity contribution in [1.29, 1.82) is 0 Å². The standard InChI is InChI=1S/C19H21Cl2N3O2/c1-11-17(23-7-13-8-26-10-19(13,3)9-23)22-12(2)24(18(11)25)15-6-4-5-14(20)16(15)21/h4-6,13H,7-10H2,1-3H3/t13-,19+/m0/s1. The third-order valence-corrected chi connectivity index (χ3v) is 6.46. The Morgan fingerprint density at radius 1 is 1.31 bits per heavy atom. The van der Waals surface area contributed by atoms with Gasteiger partial charge in [-0.2, -0.15) is 0 Å². The molecule has 138 valence electrons. The highest BCUT2D eigenvalue weighted by molar-refractivity contribution is 6.43. The molecular formula is C19H21Cl2N3O2. The Hall–Kier alpha value is -1.56. The molecular weight excluding hydrogens is 373 g/mol. The van der Waals surface area contributed by atoms with E-state index in [0.29, 0.717) is 33.0 Å². The maximum absolute atomic E-state index is 13.1. The predicted molar refractivity (Wildman–Crippen MR) is 104 cm³/mol. The van der Waals surface area contributed by atoms with Gasteiger partial charge in [0.25, 0.3) is 5.56 Å². The van der Waals surface area contributed by atoms with Crippen LogP contribution in [0.1, 0.15) is 18.3 Å². The normalized spacial score (nSPS) is 25.0. The molecule has 3 heterocycles. The molecule has 0 N–H and O–H groups in total. The molecule has 1 aromatic heterocycles. The quantitative estimate of drug-likeness (QED) is 0.781. The maximum atomic E-state index is 13.1. The average Bonchev–Trinajstić information content (AvgIpc) is 3.09. The van der Waals surface area contributed by atoms with E-state index in [1.807, 2.05) is 13.8 Å². The predicted octanol–water partition coefficient (Wildman–Crippen LogP) is 3.63. The van der Waals surface area contributed by atoms with Crippen molar-refractivity contribution >= 4 is 29.0 Å². The van der Waals surface area contributed by atoms with Crippen LogP contribution in [0, 0.1) is 25.2 Å². The average molecular weight is 394 g/mol. The smallest absolute Gasteiger partial charge is 0.263 e. The summed E-state index contributed by atoms with van der Waals surface area (Å²) in [7, 11) is 0. The largest absolute Gasteiger partial charge is 0.380 e. The zero-order chi connectivity index (χ0) is 18.6. The number of aromatic nitrogens is 2. The molecule has 0 radical (unpaired) electrons. The lowest BCUT2D eigenvalue weighted by Gasteiger charge is -2.24. The van der Waals surface area contributed by atoms with Crippen molar-refractivity contribution in [3.63, 3.8) is 0 Å². The summed E-state index contributed by atoms with van der Waals surface area (Å²) >= 11 is 12.5. The van der Waals surface area contributed by atoms with Crippen molar-refractivity contribution in [1.82, 2.24) is 9.55 Å². The van der Waals surface area contributed by atoms with Crippen LogP contribution < -0.4 is 10.5 Å². The summed E-state index contributed by atoms with van der Waals surface area (Å²) in [6.45, 7) is 9.16. The molecule has 0 aliphatic carbocycles. The Bertz CT molecular complexity index is 943. The minimum Gasteiger partial charge on any atom is -0.380 e. The lowest BCUT2D eigenvalue weighted by Crippen LogP contribution is -2.32. The lowest BCUT2D eigenvalue weighted by molar-refractivity contribution is 0.161. The van der Waals surface area contributed by atoms with Crippen molar-refractivity contribution in [3.05, 3.63) is 50.0 Å². The second-order valence-corrected chi connectivity index (χ2v) is 8.35. The Labute approximate surface area is 162 Å². The third kappa shape index (κ3) is 2.65. The third-order valence-electron chi connectivity index (χ3n) is 5.65. The first-order chi connectivity index (χ1) is 12.3. The fourth-order valence-electron chi connectivity index (χ4n) is 4.08. The van der Waals surface area contributed by atoms with Crippen LogP contribution in [0.15, 0.2) is 23.0 Å². The summed E-state index contributed by atoms with van der Waals surface area (Å²) in [6.07, 6.45) is 0. The molecule has 4 rings (SSSR count). The molecule has 5 nitrogen and oxygen atoms in total. The molecule has 0 spiro atoms.